The van der Waals surface area contributed by atoms with E-state index in [-0.39, 0.29) is 18.0 Å². The number of amides is 2. The van der Waals surface area contributed by atoms with E-state index in [1.165, 1.54) is 25.8 Å². The number of carboxylic acid groups (broad SMARTS) is 1. The minimum atomic E-state index is -1.25. The minimum Gasteiger partial charge on any atom is -0.480 e. The van der Waals surface area contributed by atoms with Gasteiger partial charge in [-0.1, -0.05) is 19.9 Å². The van der Waals surface area contributed by atoms with Gasteiger partial charge in [-0.3, -0.25) is 0 Å². The van der Waals surface area contributed by atoms with Gasteiger partial charge in [0.25, 0.3) is 0 Å². The van der Waals surface area contributed by atoms with Crippen molar-refractivity contribution in [2.45, 2.75) is 39.3 Å². The quantitative estimate of drug-likeness (QED) is 0.878. The molecule has 0 aliphatic rings. The van der Waals surface area contributed by atoms with Crippen molar-refractivity contribution in [3.63, 3.8) is 0 Å². The number of hydrogen-bond acceptors (Lipinski definition) is 3. The van der Waals surface area contributed by atoms with Crippen LogP contribution < -0.4 is 5.32 Å². The van der Waals surface area contributed by atoms with E-state index < -0.39 is 11.5 Å². The summed E-state index contributed by atoms with van der Waals surface area (Å²) in [5, 5.41) is 14.0. The maximum atomic E-state index is 12.3. The fraction of sp³-hybridized carbons (Fsp3) is 0.571. The van der Waals surface area contributed by atoms with Crippen molar-refractivity contribution >= 4 is 23.3 Å². The second-order valence-corrected chi connectivity index (χ2v) is 6.59. The minimum absolute atomic E-state index is 0.116. The van der Waals surface area contributed by atoms with Crippen molar-refractivity contribution in [3.05, 3.63) is 22.4 Å². The summed E-state index contributed by atoms with van der Waals surface area (Å²) in [7, 11) is 1.50. The van der Waals surface area contributed by atoms with E-state index in [1.807, 2.05) is 31.4 Å². The van der Waals surface area contributed by atoms with Crippen LogP contribution in [0.15, 0.2) is 17.5 Å². The number of urea groups is 1. The molecule has 0 aliphatic carbocycles. The Bertz CT molecular complexity index is 469. The second-order valence-electron chi connectivity index (χ2n) is 5.61. The van der Waals surface area contributed by atoms with Gasteiger partial charge in [0.05, 0.1) is 6.04 Å². The lowest BCUT2D eigenvalue weighted by Crippen LogP contribution is -2.54. The largest absolute Gasteiger partial charge is 0.480 e. The fourth-order valence-electron chi connectivity index (χ4n) is 1.66. The Morgan fingerprint density at radius 1 is 1.40 bits per heavy atom. The highest BCUT2D eigenvalue weighted by Crippen LogP contribution is 2.26. The van der Waals surface area contributed by atoms with Crippen molar-refractivity contribution in [1.29, 1.82) is 0 Å². The average molecular weight is 298 g/mol. The number of hydrogen-bond donors (Lipinski definition) is 2. The number of aliphatic carboxylic acids is 1. The molecule has 20 heavy (non-hydrogen) atoms. The number of carboxylic acids is 1. The first kappa shape index (κ1) is 16.5. The first-order chi connectivity index (χ1) is 9.17. The van der Waals surface area contributed by atoms with Crippen LogP contribution in [0.2, 0.25) is 0 Å². The molecule has 0 aromatic carbocycles. The third-order valence-electron chi connectivity index (χ3n) is 3.46. The summed E-state index contributed by atoms with van der Waals surface area (Å²) in [6.45, 7) is 7.05. The van der Waals surface area contributed by atoms with E-state index >= 15 is 0 Å². The van der Waals surface area contributed by atoms with E-state index in [1.54, 1.807) is 11.3 Å². The van der Waals surface area contributed by atoms with E-state index in [2.05, 4.69) is 5.32 Å². The molecule has 0 radical (unpaired) electrons. The van der Waals surface area contributed by atoms with Gasteiger partial charge < -0.3 is 15.3 Å². The first-order valence-corrected chi connectivity index (χ1v) is 7.37. The molecule has 1 atom stereocenters. The van der Waals surface area contributed by atoms with Crippen LogP contribution in [0.25, 0.3) is 0 Å². The molecule has 0 bridgehead atoms. The zero-order valence-electron chi connectivity index (χ0n) is 12.5. The summed E-state index contributed by atoms with van der Waals surface area (Å²) in [4.78, 5) is 25.7. The Morgan fingerprint density at radius 3 is 2.40 bits per heavy atom. The lowest BCUT2D eigenvalue weighted by molar-refractivity contribution is -0.146. The molecular formula is C14H22N2O3S. The van der Waals surface area contributed by atoms with E-state index in [4.69, 9.17) is 5.11 Å². The number of likely N-dealkylation sites (N-methyl/N-ethyl adjacent to an activating group) is 1. The molecule has 112 valence electrons. The maximum absolute atomic E-state index is 12.3. The monoisotopic (exact) mass is 298 g/mol. The highest BCUT2D eigenvalue weighted by Gasteiger charge is 2.36. The third kappa shape index (κ3) is 3.50. The summed E-state index contributed by atoms with van der Waals surface area (Å²) < 4.78 is 0. The predicted octanol–water partition coefficient (Wildman–Crippen LogP) is 2.95. The fourth-order valence-corrected chi connectivity index (χ4v) is 2.61. The molecule has 0 spiro atoms. The van der Waals surface area contributed by atoms with E-state index in [9.17, 15) is 9.59 Å². The van der Waals surface area contributed by atoms with Crippen LogP contribution in [-0.2, 0) is 4.79 Å². The molecule has 2 amide bonds. The lowest BCUT2D eigenvalue weighted by Gasteiger charge is -2.33. The highest BCUT2D eigenvalue weighted by molar-refractivity contribution is 7.10. The zero-order valence-corrected chi connectivity index (χ0v) is 13.3. The van der Waals surface area contributed by atoms with Gasteiger partial charge in [-0.2, -0.15) is 0 Å². The number of carbonyl (C=O) groups is 2. The molecule has 1 unspecified atom stereocenters. The van der Waals surface area contributed by atoms with Gasteiger partial charge in [-0.15, -0.1) is 11.3 Å². The highest BCUT2D eigenvalue weighted by atomic mass is 32.1. The van der Waals surface area contributed by atoms with Crippen LogP contribution in [0.4, 0.5) is 4.79 Å². The van der Waals surface area contributed by atoms with Gasteiger partial charge in [-0.25, -0.2) is 9.59 Å². The van der Waals surface area contributed by atoms with Crippen LogP contribution in [0.5, 0.6) is 0 Å². The molecule has 1 rings (SSSR count). The van der Waals surface area contributed by atoms with Crippen molar-refractivity contribution in [2.24, 2.45) is 5.92 Å². The number of nitrogens with zero attached hydrogens (tertiary/aromatic N) is 1. The zero-order chi connectivity index (χ0) is 15.5. The summed E-state index contributed by atoms with van der Waals surface area (Å²) in [6.07, 6.45) is 0. The third-order valence-corrected chi connectivity index (χ3v) is 4.42. The smallest absolute Gasteiger partial charge is 0.329 e. The predicted molar refractivity (Wildman–Crippen MR) is 79.9 cm³/mol. The molecular weight excluding hydrogens is 276 g/mol. The van der Waals surface area contributed by atoms with Gasteiger partial charge in [0.15, 0.2) is 0 Å². The number of thiophene rings is 1. The van der Waals surface area contributed by atoms with Crippen molar-refractivity contribution < 1.29 is 14.7 Å². The molecule has 1 heterocycles. The van der Waals surface area contributed by atoms with Crippen molar-refractivity contribution in [2.75, 3.05) is 7.05 Å². The topological polar surface area (TPSA) is 69.6 Å². The molecule has 1 aromatic heterocycles. The Labute approximate surface area is 123 Å². The summed E-state index contributed by atoms with van der Waals surface area (Å²) >= 11 is 1.58. The van der Waals surface area contributed by atoms with Gasteiger partial charge in [0.2, 0.25) is 0 Å². The van der Waals surface area contributed by atoms with Gasteiger partial charge in [0, 0.05) is 11.9 Å². The molecule has 6 heteroatoms. The van der Waals surface area contributed by atoms with Crippen molar-refractivity contribution in [3.8, 4) is 0 Å². The second kappa shape index (κ2) is 6.26. The van der Waals surface area contributed by atoms with Gasteiger partial charge in [0.1, 0.15) is 5.54 Å². The Morgan fingerprint density at radius 2 is 2.00 bits per heavy atom. The van der Waals surface area contributed by atoms with Crippen LogP contribution >= 0.6 is 11.3 Å². The number of rotatable bonds is 5. The number of nitrogens with one attached hydrogen (secondary N) is 1. The lowest BCUT2D eigenvalue weighted by atomic mass is 10.0. The molecule has 0 saturated heterocycles. The Kier molecular flexibility index (Phi) is 5.16. The summed E-state index contributed by atoms with van der Waals surface area (Å²) in [5.74, 6) is -0.814. The summed E-state index contributed by atoms with van der Waals surface area (Å²) in [5.41, 5.74) is -1.25. The summed E-state index contributed by atoms with van der Waals surface area (Å²) in [6, 6.07) is 3.41. The van der Waals surface area contributed by atoms with Crippen LogP contribution in [0.3, 0.4) is 0 Å². The first-order valence-electron chi connectivity index (χ1n) is 6.49. The van der Waals surface area contributed by atoms with Gasteiger partial charge >= 0.3 is 12.0 Å². The van der Waals surface area contributed by atoms with E-state index in [0.717, 1.165) is 4.88 Å². The number of carbonyl (C=O) groups excluding carboxylic acids is 1. The average Bonchev–Trinajstić information content (AvgIpc) is 2.87. The van der Waals surface area contributed by atoms with Gasteiger partial charge in [-0.05, 0) is 31.2 Å². The normalized spacial score (nSPS) is 13.1. The standard InChI is InChI=1S/C14H22N2O3S/c1-9(2)11(10-7-6-8-20-10)15-13(19)16(5)14(3,4)12(17)18/h6-9,11H,1-5H3,(H,15,19)(H,17,18). The maximum Gasteiger partial charge on any atom is 0.329 e. The van der Waals surface area contributed by atoms with Crippen LogP contribution in [0.1, 0.15) is 38.6 Å². The van der Waals surface area contributed by atoms with Crippen LogP contribution in [0, 0.1) is 5.92 Å². The molecule has 5 nitrogen and oxygen atoms in total. The Hall–Kier alpha value is -1.56. The molecule has 1 aromatic rings. The molecule has 0 fully saturated rings. The Balaban J connectivity index is 2.85. The van der Waals surface area contributed by atoms with Crippen molar-refractivity contribution in [1.82, 2.24) is 10.2 Å². The van der Waals surface area contributed by atoms with E-state index in [0.29, 0.717) is 0 Å². The molecule has 0 saturated carbocycles. The SMILES string of the molecule is CC(C)C(NC(=O)N(C)C(C)(C)C(=O)O)c1cccs1. The molecule has 2 N–H and O–H groups in total. The van der Waals surface area contributed by atoms with Crippen LogP contribution in [-0.4, -0.2) is 34.6 Å². The molecule has 0 aliphatic heterocycles.